The van der Waals surface area contributed by atoms with Crippen LogP contribution in [0.1, 0.15) is 10.6 Å². The van der Waals surface area contributed by atoms with Crippen molar-refractivity contribution in [3.63, 3.8) is 0 Å². The molecule has 84 valence electrons. The molecule has 3 aromatic rings. The van der Waals surface area contributed by atoms with Gasteiger partial charge in [0.2, 0.25) is 5.82 Å². The second-order valence-electron chi connectivity index (χ2n) is 3.51. The number of hydrogen-bond acceptors (Lipinski definition) is 4. The molecule has 17 heavy (non-hydrogen) atoms. The number of nitrogens with one attached hydrogen (secondary N) is 1. The van der Waals surface area contributed by atoms with E-state index in [4.69, 9.17) is 5.73 Å². The minimum Gasteiger partial charge on any atom is -0.363 e. The first kappa shape index (κ1) is 9.52. The number of hydrogen-bond donors (Lipinski definition) is 2. The minimum atomic E-state index is -0.766. The van der Waals surface area contributed by atoms with Gasteiger partial charge in [-0.2, -0.15) is 4.52 Å². The zero-order valence-electron chi connectivity index (χ0n) is 8.54. The number of nitrogens with zero attached hydrogens (tertiary/aromatic N) is 3. The number of carbonyl (C=O) groups is 1. The van der Waals surface area contributed by atoms with Gasteiger partial charge in [-0.25, -0.2) is 9.78 Å². The van der Waals surface area contributed by atoms with Crippen LogP contribution in [0.2, 0.25) is 0 Å². The first-order valence-corrected chi connectivity index (χ1v) is 4.84. The van der Waals surface area contributed by atoms with Crippen LogP contribution in [-0.2, 0) is 0 Å². The van der Waals surface area contributed by atoms with E-state index in [9.17, 15) is 9.59 Å². The highest BCUT2D eigenvalue weighted by atomic mass is 16.2. The van der Waals surface area contributed by atoms with Crippen molar-refractivity contribution in [3.8, 4) is 0 Å². The van der Waals surface area contributed by atoms with E-state index in [0.29, 0.717) is 16.6 Å². The Labute approximate surface area is 93.9 Å². The van der Waals surface area contributed by atoms with E-state index in [-0.39, 0.29) is 5.82 Å². The number of H-pyrrole nitrogens is 1. The third kappa shape index (κ3) is 1.29. The fourth-order valence-corrected chi connectivity index (χ4v) is 1.69. The van der Waals surface area contributed by atoms with Crippen LogP contribution in [0.4, 0.5) is 0 Å². The lowest BCUT2D eigenvalue weighted by Gasteiger charge is -1.97. The topological polar surface area (TPSA) is 106 Å². The zero-order chi connectivity index (χ0) is 12.0. The zero-order valence-corrected chi connectivity index (χ0v) is 8.54. The largest absolute Gasteiger partial charge is 0.363 e. The number of aromatic nitrogens is 4. The Balaban J connectivity index is 2.56. The smallest absolute Gasteiger partial charge is 0.348 e. The third-order valence-corrected chi connectivity index (χ3v) is 2.43. The maximum atomic E-state index is 11.7. The Bertz CT molecular complexity index is 801. The summed E-state index contributed by atoms with van der Waals surface area (Å²) in [6, 6.07) is 7.12. The SMILES string of the molecule is NC(=O)c1nc2c3ccccc3[nH]c(=O)n2n1. The molecule has 0 spiro atoms. The molecular formula is C10H7N5O2. The van der Waals surface area contributed by atoms with Crippen molar-refractivity contribution in [1.82, 2.24) is 19.6 Å². The van der Waals surface area contributed by atoms with E-state index >= 15 is 0 Å². The standard InChI is InChI=1S/C10H7N5O2/c11-7(16)8-13-9-5-3-1-2-4-6(5)12-10(17)15(9)14-8/h1-4H,(H2,11,16)(H,12,17). The van der Waals surface area contributed by atoms with Crippen LogP contribution in [-0.4, -0.2) is 25.5 Å². The summed E-state index contributed by atoms with van der Waals surface area (Å²) in [5.41, 5.74) is 5.57. The van der Waals surface area contributed by atoms with Crippen molar-refractivity contribution in [2.75, 3.05) is 0 Å². The maximum absolute atomic E-state index is 11.7. The molecule has 2 aromatic heterocycles. The quantitative estimate of drug-likeness (QED) is 0.595. The number of amides is 1. The van der Waals surface area contributed by atoms with Crippen LogP contribution < -0.4 is 11.4 Å². The summed E-state index contributed by atoms with van der Waals surface area (Å²) in [6.45, 7) is 0. The molecule has 0 aliphatic carbocycles. The molecule has 0 bridgehead atoms. The van der Waals surface area contributed by atoms with Crippen LogP contribution in [0.15, 0.2) is 29.1 Å². The van der Waals surface area contributed by atoms with Crippen molar-refractivity contribution < 1.29 is 4.79 Å². The summed E-state index contributed by atoms with van der Waals surface area (Å²) in [5.74, 6) is -0.941. The van der Waals surface area contributed by atoms with E-state index in [0.717, 1.165) is 4.52 Å². The van der Waals surface area contributed by atoms with E-state index in [1.165, 1.54) is 0 Å². The monoisotopic (exact) mass is 229 g/mol. The summed E-state index contributed by atoms with van der Waals surface area (Å²) in [5, 5.41) is 4.45. The fraction of sp³-hybridized carbons (Fsp3) is 0. The first-order valence-electron chi connectivity index (χ1n) is 4.84. The Morgan fingerprint density at radius 1 is 1.35 bits per heavy atom. The van der Waals surface area contributed by atoms with Gasteiger partial charge in [-0.05, 0) is 12.1 Å². The van der Waals surface area contributed by atoms with Crippen LogP contribution >= 0.6 is 0 Å². The van der Waals surface area contributed by atoms with Crippen molar-refractivity contribution in [2.45, 2.75) is 0 Å². The lowest BCUT2D eigenvalue weighted by atomic mass is 10.2. The van der Waals surface area contributed by atoms with Gasteiger partial charge < -0.3 is 10.7 Å². The summed E-state index contributed by atoms with van der Waals surface area (Å²) in [4.78, 5) is 29.3. The Morgan fingerprint density at radius 2 is 2.12 bits per heavy atom. The average Bonchev–Trinajstić information content (AvgIpc) is 2.75. The highest BCUT2D eigenvalue weighted by molar-refractivity contribution is 5.94. The molecule has 0 unspecified atom stereocenters. The van der Waals surface area contributed by atoms with Crippen molar-refractivity contribution in [2.24, 2.45) is 5.73 Å². The summed E-state index contributed by atoms with van der Waals surface area (Å²) in [6.07, 6.45) is 0. The molecule has 0 radical (unpaired) electrons. The van der Waals surface area contributed by atoms with E-state index in [1.807, 2.05) is 0 Å². The Hall–Kier alpha value is -2.70. The second-order valence-corrected chi connectivity index (χ2v) is 3.51. The van der Waals surface area contributed by atoms with Gasteiger partial charge in [0.05, 0.1) is 5.52 Å². The van der Waals surface area contributed by atoms with Crippen LogP contribution in [0.25, 0.3) is 16.6 Å². The van der Waals surface area contributed by atoms with Gasteiger partial charge in [0.25, 0.3) is 5.91 Å². The third-order valence-electron chi connectivity index (χ3n) is 2.43. The highest BCUT2D eigenvalue weighted by Gasteiger charge is 2.13. The molecule has 0 saturated heterocycles. The summed E-state index contributed by atoms with van der Waals surface area (Å²) in [7, 11) is 0. The predicted molar refractivity (Wildman–Crippen MR) is 59.6 cm³/mol. The van der Waals surface area contributed by atoms with Crippen LogP contribution in [0.5, 0.6) is 0 Å². The molecule has 3 N–H and O–H groups in total. The number of rotatable bonds is 1. The van der Waals surface area contributed by atoms with Crippen molar-refractivity contribution in [3.05, 3.63) is 40.6 Å². The van der Waals surface area contributed by atoms with Crippen molar-refractivity contribution >= 4 is 22.5 Å². The molecule has 7 nitrogen and oxygen atoms in total. The minimum absolute atomic E-state index is 0.174. The van der Waals surface area contributed by atoms with Crippen LogP contribution in [0, 0.1) is 0 Å². The predicted octanol–water partition coefficient (Wildman–Crippen LogP) is -0.330. The lowest BCUT2D eigenvalue weighted by Crippen LogP contribution is -2.18. The molecule has 0 aliphatic rings. The molecule has 7 heteroatoms. The molecule has 0 aliphatic heterocycles. The molecule has 1 aromatic carbocycles. The van der Waals surface area contributed by atoms with Gasteiger partial charge in [-0.1, -0.05) is 12.1 Å². The van der Waals surface area contributed by atoms with Gasteiger partial charge in [-0.15, -0.1) is 5.10 Å². The number of fused-ring (bicyclic) bond motifs is 3. The molecular weight excluding hydrogens is 222 g/mol. The van der Waals surface area contributed by atoms with Gasteiger partial charge in [-0.3, -0.25) is 4.79 Å². The van der Waals surface area contributed by atoms with Gasteiger partial charge in [0, 0.05) is 5.39 Å². The lowest BCUT2D eigenvalue weighted by molar-refractivity contribution is 0.0990. The Kier molecular flexibility index (Phi) is 1.76. The van der Waals surface area contributed by atoms with E-state index in [1.54, 1.807) is 24.3 Å². The number of primary amides is 1. The molecule has 2 heterocycles. The first-order chi connectivity index (χ1) is 8.16. The normalized spacial score (nSPS) is 11.1. The van der Waals surface area contributed by atoms with Gasteiger partial charge in [0.15, 0.2) is 5.65 Å². The van der Waals surface area contributed by atoms with Gasteiger partial charge >= 0.3 is 5.69 Å². The Morgan fingerprint density at radius 3 is 2.88 bits per heavy atom. The van der Waals surface area contributed by atoms with E-state index < -0.39 is 11.6 Å². The molecule has 1 amide bonds. The molecule has 0 fully saturated rings. The molecule has 0 atom stereocenters. The second kappa shape index (κ2) is 3.14. The van der Waals surface area contributed by atoms with E-state index in [2.05, 4.69) is 15.1 Å². The number of carbonyl (C=O) groups excluding carboxylic acids is 1. The van der Waals surface area contributed by atoms with Crippen LogP contribution in [0.3, 0.4) is 0 Å². The maximum Gasteiger partial charge on any atom is 0.348 e. The highest BCUT2D eigenvalue weighted by Crippen LogP contribution is 2.13. The number of aromatic amines is 1. The number of para-hydroxylation sites is 1. The van der Waals surface area contributed by atoms with Crippen molar-refractivity contribution in [1.29, 1.82) is 0 Å². The fourth-order valence-electron chi connectivity index (χ4n) is 1.69. The number of nitrogens with two attached hydrogens (primary N) is 1. The number of benzene rings is 1. The molecule has 0 saturated carbocycles. The molecule has 3 rings (SSSR count). The summed E-state index contributed by atoms with van der Waals surface area (Å²) >= 11 is 0. The average molecular weight is 229 g/mol. The van der Waals surface area contributed by atoms with Gasteiger partial charge in [0.1, 0.15) is 0 Å². The summed E-state index contributed by atoms with van der Waals surface area (Å²) < 4.78 is 1.03.